The fourth-order valence-corrected chi connectivity index (χ4v) is 4.87. The van der Waals surface area contributed by atoms with Crippen molar-refractivity contribution in [1.29, 1.82) is 0 Å². The predicted octanol–water partition coefficient (Wildman–Crippen LogP) is 3.11. The minimum Gasteiger partial charge on any atom is -0.214 e. The molecular formula is C19H25FN2O4S2. The summed E-state index contributed by atoms with van der Waals surface area (Å²) in [7, 11) is -6.19. The maximum absolute atomic E-state index is 13.1. The molecule has 0 unspecified atom stereocenters. The molecule has 0 aliphatic carbocycles. The predicted molar refractivity (Wildman–Crippen MR) is 106 cm³/mol. The van der Waals surface area contributed by atoms with Gasteiger partial charge in [-0.15, -0.1) is 0 Å². The summed E-state index contributed by atoms with van der Waals surface area (Å²) < 4.78 is 66.6. The SMILES string of the molecule is CCCCCN(Cc1ccc(F)cc1)S(=O)(=O)c1ccc(S(=O)(=O)NC)cc1. The summed E-state index contributed by atoms with van der Waals surface area (Å²) in [6.07, 6.45) is 2.53. The van der Waals surface area contributed by atoms with E-state index in [2.05, 4.69) is 4.72 Å². The molecule has 9 heteroatoms. The second-order valence-corrected chi connectivity index (χ2v) is 10.2. The van der Waals surface area contributed by atoms with Crippen LogP contribution in [0.2, 0.25) is 0 Å². The van der Waals surface area contributed by atoms with Crippen molar-refractivity contribution in [2.75, 3.05) is 13.6 Å². The van der Waals surface area contributed by atoms with Gasteiger partial charge in [-0.05, 0) is 55.4 Å². The first kappa shape index (κ1) is 22.5. The lowest BCUT2D eigenvalue weighted by atomic mass is 10.2. The first-order valence-corrected chi connectivity index (χ1v) is 11.9. The second-order valence-electron chi connectivity index (χ2n) is 6.35. The average molecular weight is 429 g/mol. The Morgan fingerprint density at radius 1 is 0.893 bits per heavy atom. The van der Waals surface area contributed by atoms with Crippen LogP contribution in [0.4, 0.5) is 4.39 Å². The van der Waals surface area contributed by atoms with Crippen molar-refractivity contribution in [2.45, 2.75) is 42.5 Å². The van der Waals surface area contributed by atoms with E-state index in [1.165, 1.54) is 47.8 Å². The standard InChI is InChI=1S/C19H25FN2O4S2/c1-3-4-5-14-22(15-16-6-8-17(20)9-7-16)28(25,26)19-12-10-18(11-13-19)27(23,24)21-2/h6-13,21H,3-5,14-15H2,1-2H3. The Morgan fingerprint density at radius 3 is 2.00 bits per heavy atom. The fraction of sp³-hybridized carbons (Fsp3) is 0.368. The molecule has 0 bridgehead atoms. The lowest BCUT2D eigenvalue weighted by Gasteiger charge is -2.22. The highest BCUT2D eigenvalue weighted by Gasteiger charge is 2.25. The van der Waals surface area contributed by atoms with Crippen LogP contribution in [0.15, 0.2) is 58.3 Å². The van der Waals surface area contributed by atoms with E-state index < -0.39 is 20.0 Å². The Morgan fingerprint density at radius 2 is 1.46 bits per heavy atom. The number of nitrogens with one attached hydrogen (secondary N) is 1. The Labute approximate surface area is 166 Å². The molecular weight excluding hydrogens is 403 g/mol. The summed E-state index contributed by atoms with van der Waals surface area (Å²) in [4.78, 5) is 0.00572. The van der Waals surface area contributed by atoms with Gasteiger partial charge in [-0.25, -0.2) is 25.9 Å². The van der Waals surface area contributed by atoms with Gasteiger partial charge >= 0.3 is 0 Å². The van der Waals surface area contributed by atoms with E-state index in [9.17, 15) is 21.2 Å². The van der Waals surface area contributed by atoms with Crippen molar-refractivity contribution in [3.05, 3.63) is 59.9 Å². The highest BCUT2D eigenvalue weighted by molar-refractivity contribution is 7.89. The van der Waals surface area contributed by atoms with Crippen LogP contribution in [-0.2, 0) is 26.6 Å². The monoisotopic (exact) mass is 428 g/mol. The zero-order chi connectivity index (χ0) is 20.8. The minimum atomic E-state index is -3.83. The average Bonchev–Trinajstić information content (AvgIpc) is 2.69. The molecule has 0 radical (unpaired) electrons. The number of rotatable bonds is 10. The number of benzene rings is 2. The van der Waals surface area contributed by atoms with E-state index in [4.69, 9.17) is 0 Å². The number of sulfonamides is 2. The van der Waals surface area contributed by atoms with Gasteiger partial charge in [0.15, 0.2) is 0 Å². The van der Waals surface area contributed by atoms with Crippen LogP contribution in [0.25, 0.3) is 0 Å². The third-order valence-corrected chi connectivity index (χ3v) is 7.61. The topological polar surface area (TPSA) is 83.6 Å². The molecule has 0 saturated carbocycles. The summed E-state index contributed by atoms with van der Waals surface area (Å²) >= 11 is 0. The van der Waals surface area contributed by atoms with Crippen molar-refractivity contribution in [1.82, 2.24) is 9.03 Å². The molecule has 0 aliphatic rings. The van der Waals surface area contributed by atoms with Crippen molar-refractivity contribution < 1.29 is 21.2 Å². The molecule has 0 amide bonds. The third kappa shape index (κ3) is 5.60. The Bertz CT molecular complexity index is 974. The molecule has 2 rings (SSSR count). The molecule has 2 aromatic rings. The van der Waals surface area contributed by atoms with Crippen LogP contribution in [0.3, 0.4) is 0 Å². The minimum absolute atomic E-state index is 0.00924. The highest BCUT2D eigenvalue weighted by atomic mass is 32.2. The molecule has 0 saturated heterocycles. The van der Waals surface area contributed by atoms with E-state index in [0.717, 1.165) is 12.8 Å². The van der Waals surface area contributed by atoms with Gasteiger partial charge in [-0.2, -0.15) is 4.31 Å². The molecule has 0 aliphatic heterocycles. The Hall–Kier alpha value is -1.81. The van der Waals surface area contributed by atoms with Gasteiger partial charge in [-0.1, -0.05) is 31.9 Å². The van der Waals surface area contributed by atoms with E-state index in [-0.39, 0.29) is 22.2 Å². The molecule has 1 N–H and O–H groups in total. The summed E-state index contributed by atoms with van der Waals surface area (Å²) in [5, 5.41) is 0. The summed E-state index contributed by atoms with van der Waals surface area (Å²) in [5.41, 5.74) is 0.677. The van der Waals surface area contributed by atoms with Gasteiger partial charge in [0, 0.05) is 13.1 Å². The molecule has 0 heterocycles. The molecule has 0 aromatic heterocycles. The van der Waals surface area contributed by atoms with E-state index in [1.807, 2.05) is 6.92 Å². The third-order valence-electron chi connectivity index (χ3n) is 4.32. The van der Waals surface area contributed by atoms with Crippen molar-refractivity contribution in [2.24, 2.45) is 0 Å². The first-order chi connectivity index (χ1) is 13.2. The molecule has 28 heavy (non-hydrogen) atoms. The Balaban J connectivity index is 2.32. The molecule has 6 nitrogen and oxygen atoms in total. The number of hydrogen-bond donors (Lipinski definition) is 1. The maximum Gasteiger partial charge on any atom is 0.243 e. The lowest BCUT2D eigenvalue weighted by molar-refractivity contribution is 0.394. The lowest BCUT2D eigenvalue weighted by Crippen LogP contribution is -2.31. The first-order valence-electron chi connectivity index (χ1n) is 8.99. The molecule has 0 atom stereocenters. The number of halogens is 1. The summed E-state index contributed by atoms with van der Waals surface area (Å²) in [6, 6.07) is 10.8. The summed E-state index contributed by atoms with van der Waals surface area (Å²) in [6.45, 7) is 2.47. The molecule has 154 valence electrons. The van der Waals surface area contributed by atoms with Gasteiger partial charge in [-0.3, -0.25) is 0 Å². The molecule has 0 spiro atoms. The van der Waals surface area contributed by atoms with Crippen LogP contribution in [0, 0.1) is 5.82 Å². The number of unbranched alkanes of at least 4 members (excludes halogenated alkanes) is 2. The Kier molecular flexibility index (Phi) is 7.70. The van der Waals surface area contributed by atoms with E-state index in [0.29, 0.717) is 18.5 Å². The van der Waals surface area contributed by atoms with Crippen molar-refractivity contribution in [3.63, 3.8) is 0 Å². The van der Waals surface area contributed by atoms with Gasteiger partial charge in [0.25, 0.3) is 0 Å². The van der Waals surface area contributed by atoms with Gasteiger partial charge < -0.3 is 0 Å². The zero-order valence-corrected chi connectivity index (χ0v) is 17.6. The molecule has 0 fully saturated rings. The van der Waals surface area contributed by atoms with Crippen LogP contribution in [0.1, 0.15) is 31.7 Å². The largest absolute Gasteiger partial charge is 0.243 e. The van der Waals surface area contributed by atoms with Crippen LogP contribution in [-0.4, -0.2) is 34.7 Å². The van der Waals surface area contributed by atoms with Crippen LogP contribution in [0.5, 0.6) is 0 Å². The van der Waals surface area contributed by atoms with Gasteiger partial charge in [0.1, 0.15) is 5.82 Å². The number of nitrogens with zero attached hydrogens (tertiary/aromatic N) is 1. The van der Waals surface area contributed by atoms with Gasteiger partial charge in [0.05, 0.1) is 9.79 Å². The smallest absolute Gasteiger partial charge is 0.214 e. The highest BCUT2D eigenvalue weighted by Crippen LogP contribution is 2.21. The van der Waals surface area contributed by atoms with Crippen molar-refractivity contribution >= 4 is 20.0 Å². The van der Waals surface area contributed by atoms with E-state index in [1.54, 1.807) is 12.1 Å². The second kappa shape index (κ2) is 9.60. The van der Waals surface area contributed by atoms with Gasteiger partial charge in [0.2, 0.25) is 20.0 Å². The zero-order valence-electron chi connectivity index (χ0n) is 15.9. The number of hydrogen-bond acceptors (Lipinski definition) is 4. The van der Waals surface area contributed by atoms with E-state index >= 15 is 0 Å². The quantitative estimate of drug-likeness (QED) is 0.590. The molecule has 2 aromatic carbocycles. The van der Waals surface area contributed by atoms with Crippen LogP contribution >= 0.6 is 0 Å². The summed E-state index contributed by atoms with van der Waals surface area (Å²) in [5.74, 6) is -0.384. The van der Waals surface area contributed by atoms with Crippen LogP contribution < -0.4 is 4.72 Å². The van der Waals surface area contributed by atoms with Crippen molar-refractivity contribution in [3.8, 4) is 0 Å². The fourth-order valence-electron chi connectivity index (χ4n) is 2.67. The normalized spacial score (nSPS) is 12.4. The maximum atomic E-state index is 13.1.